The number of hydrogen-bond donors (Lipinski definition) is 2. The van der Waals surface area contributed by atoms with Crippen LogP contribution in [0, 0.1) is 6.92 Å². The van der Waals surface area contributed by atoms with Gasteiger partial charge in [-0.15, -0.1) is 11.3 Å². The Morgan fingerprint density at radius 2 is 2.38 bits per heavy atom. The summed E-state index contributed by atoms with van der Waals surface area (Å²) in [7, 11) is 0. The summed E-state index contributed by atoms with van der Waals surface area (Å²) in [4.78, 5) is 5.55. The topological polar surface area (TPSA) is 50.9 Å². The van der Waals surface area contributed by atoms with Gasteiger partial charge in [-0.25, -0.2) is 10.8 Å². The number of nitrogen functional groups attached to an aromatic ring is 1. The van der Waals surface area contributed by atoms with Crippen LogP contribution in [0.5, 0.6) is 0 Å². The molecule has 0 unspecified atom stereocenters. The van der Waals surface area contributed by atoms with E-state index in [1.165, 1.54) is 10.4 Å². The van der Waals surface area contributed by atoms with Crippen molar-refractivity contribution >= 4 is 27.8 Å². The van der Waals surface area contributed by atoms with Gasteiger partial charge in [0.1, 0.15) is 0 Å². The average molecular weight is 211 g/mol. The molecule has 0 aliphatic rings. The minimum Gasteiger partial charge on any atom is -0.300 e. The van der Waals surface area contributed by atoms with Crippen LogP contribution in [0.1, 0.15) is 4.88 Å². The maximum Gasteiger partial charge on any atom is 0.197 e. The molecule has 2 aromatic rings. The fraction of sp³-hybridized carbons (Fsp3) is 0.125. The molecule has 0 spiro atoms. The quantitative estimate of drug-likeness (QED) is 0.592. The molecule has 0 bridgehead atoms. The zero-order valence-electron chi connectivity index (χ0n) is 7.07. The summed E-state index contributed by atoms with van der Waals surface area (Å²) in [6.07, 6.45) is 0. The van der Waals surface area contributed by atoms with Crippen molar-refractivity contribution in [2.24, 2.45) is 5.84 Å². The number of nitrogens with two attached hydrogens (primary N) is 1. The lowest BCUT2D eigenvalue weighted by molar-refractivity contribution is 1.28. The highest BCUT2D eigenvalue weighted by atomic mass is 32.1. The van der Waals surface area contributed by atoms with Gasteiger partial charge < -0.3 is 0 Å². The lowest BCUT2D eigenvalue weighted by atomic mass is 10.2. The van der Waals surface area contributed by atoms with Gasteiger partial charge in [-0.1, -0.05) is 0 Å². The van der Waals surface area contributed by atoms with Gasteiger partial charge >= 0.3 is 0 Å². The van der Waals surface area contributed by atoms with Crippen molar-refractivity contribution in [3.8, 4) is 11.3 Å². The zero-order valence-corrected chi connectivity index (χ0v) is 8.71. The number of thiophene rings is 1. The van der Waals surface area contributed by atoms with E-state index in [4.69, 9.17) is 5.84 Å². The molecule has 2 aromatic heterocycles. The molecule has 2 heterocycles. The molecule has 5 heteroatoms. The Kier molecular flexibility index (Phi) is 2.30. The third-order valence-corrected chi connectivity index (χ3v) is 3.30. The number of hydrazine groups is 1. The third kappa shape index (κ3) is 1.58. The first-order chi connectivity index (χ1) is 6.31. The number of nitrogens with one attached hydrogen (secondary N) is 1. The summed E-state index contributed by atoms with van der Waals surface area (Å²) in [5, 5.41) is 4.89. The second-order valence-electron chi connectivity index (χ2n) is 2.58. The van der Waals surface area contributed by atoms with Crippen LogP contribution in [0.25, 0.3) is 11.3 Å². The van der Waals surface area contributed by atoms with E-state index >= 15 is 0 Å². The van der Waals surface area contributed by atoms with Gasteiger partial charge in [0.15, 0.2) is 5.13 Å². The lowest BCUT2D eigenvalue weighted by Crippen LogP contribution is -2.05. The highest BCUT2D eigenvalue weighted by molar-refractivity contribution is 7.16. The van der Waals surface area contributed by atoms with Crippen molar-refractivity contribution in [2.75, 3.05) is 5.43 Å². The van der Waals surface area contributed by atoms with Crippen LogP contribution in [-0.4, -0.2) is 4.98 Å². The van der Waals surface area contributed by atoms with Crippen molar-refractivity contribution in [3.05, 3.63) is 21.7 Å². The van der Waals surface area contributed by atoms with Crippen molar-refractivity contribution in [3.63, 3.8) is 0 Å². The second kappa shape index (κ2) is 3.45. The summed E-state index contributed by atoms with van der Waals surface area (Å²) in [6, 6.07) is 2.06. The van der Waals surface area contributed by atoms with Crippen LogP contribution in [0.2, 0.25) is 0 Å². The maximum atomic E-state index is 5.29. The molecule has 0 aliphatic heterocycles. The SMILES string of the molecule is Cc1sc(NN)nc1-c1ccsc1. The zero-order chi connectivity index (χ0) is 9.26. The van der Waals surface area contributed by atoms with Crippen LogP contribution in [0.4, 0.5) is 5.13 Å². The Hall–Kier alpha value is -0.910. The van der Waals surface area contributed by atoms with E-state index in [9.17, 15) is 0 Å². The minimum atomic E-state index is 0.763. The van der Waals surface area contributed by atoms with Crippen LogP contribution in [0.3, 0.4) is 0 Å². The predicted molar refractivity (Wildman–Crippen MR) is 58.0 cm³/mol. The summed E-state index contributed by atoms with van der Waals surface area (Å²) in [6.45, 7) is 2.05. The van der Waals surface area contributed by atoms with Crippen LogP contribution < -0.4 is 11.3 Å². The van der Waals surface area contributed by atoms with Crippen molar-refractivity contribution < 1.29 is 0 Å². The van der Waals surface area contributed by atoms with E-state index in [0.717, 1.165) is 10.8 Å². The molecule has 0 aliphatic carbocycles. The highest BCUT2D eigenvalue weighted by Gasteiger charge is 2.08. The standard InChI is InChI=1S/C8H9N3S2/c1-5-7(6-2-3-12-4-6)10-8(11-9)13-5/h2-4H,9H2,1H3,(H,10,11). The largest absolute Gasteiger partial charge is 0.300 e. The first-order valence-corrected chi connectivity index (χ1v) is 5.54. The lowest BCUT2D eigenvalue weighted by Gasteiger charge is -1.91. The molecule has 3 N–H and O–H groups in total. The molecule has 0 aromatic carbocycles. The van der Waals surface area contributed by atoms with Gasteiger partial charge in [-0.2, -0.15) is 11.3 Å². The molecule has 0 amide bonds. The average Bonchev–Trinajstić information content (AvgIpc) is 2.72. The maximum absolute atomic E-state index is 5.29. The normalized spacial score (nSPS) is 10.3. The Balaban J connectivity index is 2.46. The predicted octanol–water partition coefficient (Wildman–Crippen LogP) is 2.47. The smallest absolute Gasteiger partial charge is 0.197 e. The molecular weight excluding hydrogens is 202 g/mol. The molecule has 0 fully saturated rings. The van der Waals surface area contributed by atoms with Crippen LogP contribution in [0.15, 0.2) is 16.8 Å². The number of aromatic nitrogens is 1. The molecule has 0 saturated carbocycles. The van der Waals surface area contributed by atoms with Gasteiger partial charge in [-0.3, -0.25) is 5.43 Å². The third-order valence-electron chi connectivity index (χ3n) is 1.71. The number of rotatable bonds is 2. The van der Waals surface area contributed by atoms with Gasteiger partial charge in [-0.05, 0) is 18.4 Å². The second-order valence-corrected chi connectivity index (χ2v) is 4.56. The van der Waals surface area contributed by atoms with E-state index in [1.807, 2.05) is 12.3 Å². The van der Waals surface area contributed by atoms with Crippen molar-refractivity contribution in [1.29, 1.82) is 0 Å². The Morgan fingerprint density at radius 3 is 2.92 bits per heavy atom. The van der Waals surface area contributed by atoms with E-state index in [1.54, 1.807) is 22.7 Å². The molecule has 0 atom stereocenters. The fourth-order valence-corrected chi connectivity index (χ4v) is 2.51. The fourth-order valence-electron chi connectivity index (χ4n) is 1.13. The van der Waals surface area contributed by atoms with Gasteiger partial charge in [0, 0.05) is 15.8 Å². The van der Waals surface area contributed by atoms with E-state index in [2.05, 4.69) is 21.9 Å². The van der Waals surface area contributed by atoms with Gasteiger partial charge in [0.05, 0.1) is 5.69 Å². The molecule has 68 valence electrons. The number of nitrogens with zero attached hydrogens (tertiary/aromatic N) is 1. The van der Waals surface area contributed by atoms with Crippen molar-refractivity contribution in [2.45, 2.75) is 6.92 Å². The summed E-state index contributed by atoms with van der Waals surface area (Å²) < 4.78 is 0. The van der Waals surface area contributed by atoms with E-state index < -0.39 is 0 Å². The monoisotopic (exact) mass is 211 g/mol. The molecule has 2 rings (SSSR count). The van der Waals surface area contributed by atoms with Crippen molar-refractivity contribution in [1.82, 2.24) is 4.98 Å². The Morgan fingerprint density at radius 1 is 1.54 bits per heavy atom. The molecule has 0 radical (unpaired) electrons. The summed E-state index contributed by atoms with van der Waals surface area (Å²) in [5.41, 5.74) is 4.75. The molecule has 13 heavy (non-hydrogen) atoms. The van der Waals surface area contributed by atoms with Crippen LogP contribution >= 0.6 is 22.7 Å². The molecular formula is C8H9N3S2. The number of anilines is 1. The number of hydrogen-bond acceptors (Lipinski definition) is 5. The van der Waals surface area contributed by atoms with Gasteiger partial charge in [0.25, 0.3) is 0 Å². The number of thiazole rings is 1. The van der Waals surface area contributed by atoms with E-state index in [0.29, 0.717) is 0 Å². The summed E-state index contributed by atoms with van der Waals surface area (Å²) in [5.74, 6) is 5.29. The first-order valence-electron chi connectivity index (χ1n) is 3.78. The molecule has 3 nitrogen and oxygen atoms in total. The highest BCUT2D eigenvalue weighted by Crippen LogP contribution is 2.30. The molecule has 0 saturated heterocycles. The van der Waals surface area contributed by atoms with E-state index in [-0.39, 0.29) is 0 Å². The summed E-state index contributed by atoms with van der Waals surface area (Å²) >= 11 is 3.24. The first kappa shape index (κ1) is 8.68. The number of aryl methyl sites for hydroxylation is 1. The Bertz CT molecular complexity index is 391. The Labute approximate surface area is 84.2 Å². The van der Waals surface area contributed by atoms with Gasteiger partial charge in [0.2, 0.25) is 0 Å². The van der Waals surface area contributed by atoms with Crippen LogP contribution in [-0.2, 0) is 0 Å². The minimum absolute atomic E-state index is 0.763.